The van der Waals surface area contributed by atoms with E-state index in [1.807, 2.05) is 0 Å². The van der Waals surface area contributed by atoms with Crippen LogP contribution in [-0.2, 0) is 4.79 Å². The lowest BCUT2D eigenvalue weighted by atomic mass is 10.1. The van der Waals surface area contributed by atoms with E-state index in [1.54, 1.807) is 6.07 Å². The molecule has 0 aromatic heterocycles. The Kier molecular flexibility index (Phi) is 4.66. The van der Waals surface area contributed by atoms with Crippen LogP contribution in [0.4, 0.5) is 0 Å². The summed E-state index contributed by atoms with van der Waals surface area (Å²) in [5, 5.41) is 3.35. The molecular weight excluding hydrogens is 316 g/mol. The number of halogens is 1. The lowest BCUT2D eigenvalue weighted by molar-refractivity contribution is -0.122. The van der Waals surface area contributed by atoms with Crippen molar-refractivity contribution >= 4 is 29.3 Å². The van der Waals surface area contributed by atoms with Crippen molar-refractivity contribution in [2.75, 3.05) is 6.54 Å². The number of rotatable bonds is 3. The molecule has 1 aromatic carbocycles. The zero-order chi connectivity index (χ0) is 16.4. The maximum atomic E-state index is 12.3. The minimum Gasteiger partial charge on any atom is -0.352 e. The average molecular weight is 335 g/mol. The van der Waals surface area contributed by atoms with Crippen molar-refractivity contribution in [1.29, 1.82) is 0 Å². The van der Waals surface area contributed by atoms with Crippen molar-refractivity contribution in [3.63, 3.8) is 0 Å². The first kappa shape index (κ1) is 16.0. The number of hydrogen-bond acceptors (Lipinski definition) is 3. The number of nitrogens with one attached hydrogen (secondary N) is 1. The zero-order valence-electron chi connectivity index (χ0n) is 12.8. The summed E-state index contributed by atoms with van der Waals surface area (Å²) in [5.74, 6) is -1.17. The van der Waals surface area contributed by atoms with Crippen LogP contribution in [0.15, 0.2) is 18.2 Å². The van der Waals surface area contributed by atoms with E-state index >= 15 is 0 Å². The van der Waals surface area contributed by atoms with E-state index < -0.39 is 11.8 Å². The molecule has 0 spiro atoms. The normalized spacial score (nSPS) is 18.7. The minimum absolute atomic E-state index is 0.148. The molecule has 23 heavy (non-hydrogen) atoms. The van der Waals surface area contributed by atoms with Crippen LogP contribution >= 0.6 is 11.6 Å². The summed E-state index contributed by atoms with van der Waals surface area (Å²) in [6.07, 6.45) is 6.54. The van der Waals surface area contributed by atoms with Crippen LogP contribution in [0, 0.1) is 0 Å². The standard InChI is InChI=1S/C17H19ClN2O3/c18-11-7-8-13-14(9-11)17(23)20(16(13)22)10-15(21)19-12-5-3-1-2-4-6-12/h7-9,12H,1-6,10H2,(H,19,21). The smallest absolute Gasteiger partial charge is 0.262 e. The van der Waals surface area contributed by atoms with Crippen molar-refractivity contribution in [3.8, 4) is 0 Å². The molecule has 0 radical (unpaired) electrons. The molecule has 1 aromatic rings. The Morgan fingerprint density at radius 3 is 2.43 bits per heavy atom. The molecule has 0 atom stereocenters. The van der Waals surface area contributed by atoms with Gasteiger partial charge in [0.25, 0.3) is 11.8 Å². The quantitative estimate of drug-likeness (QED) is 0.682. The minimum atomic E-state index is -0.455. The number of imide groups is 1. The SMILES string of the molecule is O=C(CN1C(=O)c2ccc(Cl)cc2C1=O)NC1CCCCCC1. The van der Waals surface area contributed by atoms with Gasteiger partial charge in [-0.15, -0.1) is 0 Å². The van der Waals surface area contributed by atoms with Crippen molar-refractivity contribution in [1.82, 2.24) is 10.2 Å². The number of amides is 3. The van der Waals surface area contributed by atoms with Crippen LogP contribution in [0.3, 0.4) is 0 Å². The van der Waals surface area contributed by atoms with Gasteiger partial charge < -0.3 is 5.32 Å². The Bertz CT molecular complexity index is 651. The molecule has 2 aliphatic rings. The first-order valence-corrected chi connectivity index (χ1v) is 8.39. The van der Waals surface area contributed by atoms with Gasteiger partial charge in [-0.2, -0.15) is 0 Å². The van der Waals surface area contributed by atoms with Crippen molar-refractivity contribution in [3.05, 3.63) is 34.3 Å². The Balaban J connectivity index is 1.65. The number of nitrogens with zero attached hydrogens (tertiary/aromatic N) is 1. The largest absolute Gasteiger partial charge is 0.352 e. The second-order valence-corrected chi connectivity index (χ2v) is 6.58. The fraction of sp³-hybridized carbons (Fsp3) is 0.471. The molecule has 3 amide bonds. The van der Waals surface area contributed by atoms with E-state index in [-0.39, 0.29) is 24.1 Å². The molecule has 1 saturated carbocycles. The number of carbonyl (C=O) groups is 3. The highest BCUT2D eigenvalue weighted by atomic mass is 35.5. The molecule has 1 fully saturated rings. The van der Waals surface area contributed by atoms with Crippen LogP contribution in [-0.4, -0.2) is 35.2 Å². The van der Waals surface area contributed by atoms with Gasteiger partial charge in [0.05, 0.1) is 11.1 Å². The van der Waals surface area contributed by atoms with Crippen molar-refractivity contribution < 1.29 is 14.4 Å². The molecule has 6 heteroatoms. The zero-order valence-corrected chi connectivity index (χ0v) is 13.6. The summed E-state index contributed by atoms with van der Waals surface area (Å²) >= 11 is 5.87. The molecule has 122 valence electrons. The summed E-state index contributed by atoms with van der Waals surface area (Å²) in [6.45, 7) is -0.236. The Labute approximate surface area is 140 Å². The van der Waals surface area contributed by atoms with E-state index in [4.69, 9.17) is 11.6 Å². The highest BCUT2D eigenvalue weighted by molar-refractivity contribution is 6.32. The van der Waals surface area contributed by atoms with Crippen molar-refractivity contribution in [2.24, 2.45) is 0 Å². The predicted octanol–water partition coefficient (Wildman–Crippen LogP) is 2.78. The van der Waals surface area contributed by atoms with Gasteiger partial charge in [0, 0.05) is 11.1 Å². The Morgan fingerprint density at radius 2 is 1.74 bits per heavy atom. The maximum Gasteiger partial charge on any atom is 0.262 e. The van der Waals surface area contributed by atoms with Gasteiger partial charge in [0.2, 0.25) is 5.91 Å². The molecule has 0 unspecified atom stereocenters. The summed E-state index contributed by atoms with van der Waals surface area (Å²) in [4.78, 5) is 37.8. The highest BCUT2D eigenvalue weighted by Gasteiger charge is 2.36. The van der Waals surface area contributed by atoms with Crippen LogP contribution in [0.2, 0.25) is 5.02 Å². The molecule has 0 bridgehead atoms. The van der Waals surface area contributed by atoms with E-state index in [0.717, 1.165) is 30.6 Å². The van der Waals surface area contributed by atoms with Crippen molar-refractivity contribution in [2.45, 2.75) is 44.6 Å². The van der Waals surface area contributed by atoms with Gasteiger partial charge >= 0.3 is 0 Å². The first-order valence-electron chi connectivity index (χ1n) is 8.01. The Hall–Kier alpha value is -1.88. The highest BCUT2D eigenvalue weighted by Crippen LogP contribution is 2.25. The first-order chi connectivity index (χ1) is 11.1. The second kappa shape index (κ2) is 6.71. The van der Waals surface area contributed by atoms with E-state index in [9.17, 15) is 14.4 Å². The molecule has 1 aliphatic heterocycles. The summed E-state index contributed by atoms with van der Waals surface area (Å²) < 4.78 is 0. The van der Waals surface area contributed by atoms with Gasteiger partial charge in [-0.25, -0.2) is 0 Å². The number of hydrogen-bond donors (Lipinski definition) is 1. The lowest BCUT2D eigenvalue weighted by Gasteiger charge is -2.19. The van der Waals surface area contributed by atoms with Gasteiger partial charge in [0.1, 0.15) is 6.54 Å². The average Bonchev–Trinajstić information content (AvgIpc) is 2.72. The van der Waals surface area contributed by atoms with Crippen LogP contribution in [0.25, 0.3) is 0 Å². The summed E-state index contributed by atoms with van der Waals surface area (Å²) in [5.41, 5.74) is 0.575. The Morgan fingerprint density at radius 1 is 1.09 bits per heavy atom. The number of carbonyl (C=O) groups excluding carboxylic acids is 3. The topological polar surface area (TPSA) is 66.5 Å². The summed E-state index contributed by atoms with van der Waals surface area (Å²) in [6, 6.07) is 4.72. The molecule has 3 rings (SSSR count). The third-order valence-corrected chi connectivity index (χ3v) is 4.69. The predicted molar refractivity (Wildman–Crippen MR) is 86.5 cm³/mol. The summed E-state index contributed by atoms with van der Waals surface area (Å²) in [7, 11) is 0. The van der Waals surface area contributed by atoms with Crippen LogP contribution in [0.5, 0.6) is 0 Å². The number of fused-ring (bicyclic) bond motifs is 1. The second-order valence-electron chi connectivity index (χ2n) is 6.14. The fourth-order valence-corrected chi connectivity index (χ4v) is 3.42. The van der Waals surface area contributed by atoms with Crippen LogP contribution in [0.1, 0.15) is 59.2 Å². The molecule has 1 aliphatic carbocycles. The van der Waals surface area contributed by atoms with Gasteiger partial charge in [0.15, 0.2) is 0 Å². The van der Waals surface area contributed by atoms with Gasteiger partial charge in [-0.3, -0.25) is 19.3 Å². The number of benzene rings is 1. The fourth-order valence-electron chi connectivity index (χ4n) is 3.25. The molecule has 0 saturated heterocycles. The van der Waals surface area contributed by atoms with Gasteiger partial charge in [-0.05, 0) is 31.0 Å². The van der Waals surface area contributed by atoms with Crippen LogP contribution < -0.4 is 5.32 Å². The van der Waals surface area contributed by atoms with E-state index in [0.29, 0.717) is 10.6 Å². The molecule has 1 N–H and O–H groups in total. The monoisotopic (exact) mass is 334 g/mol. The lowest BCUT2D eigenvalue weighted by Crippen LogP contribution is -2.43. The molecular formula is C17H19ClN2O3. The van der Waals surface area contributed by atoms with E-state index in [1.165, 1.54) is 25.0 Å². The third-order valence-electron chi connectivity index (χ3n) is 4.45. The molecule has 5 nitrogen and oxygen atoms in total. The maximum absolute atomic E-state index is 12.3. The molecule has 1 heterocycles. The van der Waals surface area contributed by atoms with E-state index in [2.05, 4.69) is 5.32 Å². The van der Waals surface area contributed by atoms with Gasteiger partial charge in [-0.1, -0.05) is 37.3 Å². The third kappa shape index (κ3) is 3.39.